The molecule has 0 radical (unpaired) electrons. The van der Waals surface area contributed by atoms with E-state index in [0.29, 0.717) is 6.61 Å². The summed E-state index contributed by atoms with van der Waals surface area (Å²) in [6.07, 6.45) is 1.48. The van der Waals surface area contributed by atoms with Crippen LogP contribution in [0.2, 0.25) is 5.02 Å². The zero-order valence-electron chi connectivity index (χ0n) is 12.4. The highest BCUT2D eigenvalue weighted by Crippen LogP contribution is 2.38. The first-order valence-electron chi connectivity index (χ1n) is 6.75. The molecule has 0 saturated carbocycles. The van der Waals surface area contributed by atoms with Gasteiger partial charge in [0, 0.05) is 11.2 Å². The van der Waals surface area contributed by atoms with E-state index in [-0.39, 0.29) is 32.4 Å². The van der Waals surface area contributed by atoms with Gasteiger partial charge in [-0.3, -0.25) is 4.79 Å². The molecule has 1 aromatic heterocycles. The molecule has 0 aliphatic heterocycles. The molecule has 24 heavy (non-hydrogen) atoms. The van der Waals surface area contributed by atoms with Crippen LogP contribution in [-0.4, -0.2) is 24.1 Å². The second kappa shape index (κ2) is 8.25. The molecule has 0 unspecified atom stereocenters. The van der Waals surface area contributed by atoms with Crippen LogP contribution in [0.5, 0.6) is 11.6 Å². The smallest absolute Gasteiger partial charge is 0.387 e. The Labute approximate surface area is 150 Å². The topological polar surface area (TPSA) is 60.5 Å². The zero-order valence-corrected chi connectivity index (χ0v) is 14.7. The van der Waals surface area contributed by atoms with Crippen LogP contribution in [0.4, 0.5) is 14.5 Å². The molecular weight excluding hydrogens is 410 g/mol. The first kappa shape index (κ1) is 18.4. The lowest BCUT2D eigenvalue weighted by atomic mass is 10.2. The lowest BCUT2D eigenvalue weighted by Gasteiger charge is -2.15. The van der Waals surface area contributed by atoms with Gasteiger partial charge in [0.1, 0.15) is 5.56 Å². The largest absolute Gasteiger partial charge is 0.477 e. The van der Waals surface area contributed by atoms with Crippen LogP contribution in [0.3, 0.4) is 0 Å². The predicted octanol–water partition coefficient (Wildman–Crippen LogP) is 4.75. The number of alkyl halides is 2. The van der Waals surface area contributed by atoms with Gasteiger partial charge >= 0.3 is 6.61 Å². The summed E-state index contributed by atoms with van der Waals surface area (Å²) in [4.78, 5) is 16.4. The van der Waals surface area contributed by atoms with Gasteiger partial charge in [0.15, 0.2) is 5.75 Å². The fraction of sp³-hybridized carbons (Fsp3) is 0.200. The van der Waals surface area contributed by atoms with E-state index in [1.165, 1.54) is 24.4 Å². The van der Waals surface area contributed by atoms with E-state index < -0.39 is 12.5 Å². The number of aromatic nitrogens is 1. The lowest BCUT2D eigenvalue weighted by Crippen LogP contribution is -2.16. The molecule has 1 aromatic carbocycles. The van der Waals surface area contributed by atoms with Gasteiger partial charge in [0.25, 0.3) is 5.91 Å². The first-order valence-corrected chi connectivity index (χ1v) is 7.92. The van der Waals surface area contributed by atoms with Gasteiger partial charge in [-0.15, -0.1) is 0 Å². The Morgan fingerprint density at radius 1 is 1.46 bits per heavy atom. The van der Waals surface area contributed by atoms with Crippen molar-refractivity contribution in [1.29, 1.82) is 0 Å². The lowest BCUT2D eigenvalue weighted by molar-refractivity contribution is -0.0498. The van der Waals surface area contributed by atoms with E-state index in [2.05, 4.69) is 31.0 Å². The van der Waals surface area contributed by atoms with Crippen LogP contribution >= 0.6 is 27.5 Å². The second-order valence-electron chi connectivity index (χ2n) is 4.39. The number of nitrogens with one attached hydrogen (secondary N) is 1. The standard InChI is InChI=1S/C15H12BrClF2N2O3/c1-2-23-14-9(4-3-5-20-14)13(22)21-11-7-8(17)6-10(16)12(11)24-15(18)19/h3-7,15H,2H2,1H3,(H,21,22). The SMILES string of the molecule is CCOc1ncccc1C(=O)Nc1cc(Cl)cc(Br)c1OC(F)F. The molecule has 0 atom stereocenters. The van der Waals surface area contributed by atoms with Crippen molar-refractivity contribution in [2.45, 2.75) is 13.5 Å². The minimum atomic E-state index is -3.06. The Hall–Kier alpha value is -1.93. The maximum absolute atomic E-state index is 12.6. The molecule has 9 heteroatoms. The predicted molar refractivity (Wildman–Crippen MR) is 89.1 cm³/mol. The normalized spacial score (nSPS) is 10.6. The van der Waals surface area contributed by atoms with Crippen LogP contribution in [0, 0.1) is 0 Å². The number of pyridine rings is 1. The van der Waals surface area contributed by atoms with Gasteiger partial charge < -0.3 is 14.8 Å². The van der Waals surface area contributed by atoms with Crippen molar-refractivity contribution >= 4 is 39.1 Å². The molecule has 1 amide bonds. The molecule has 0 spiro atoms. The molecule has 5 nitrogen and oxygen atoms in total. The van der Waals surface area contributed by atoms with Crippen LogP contribution < -0.4 is 14.8 Å². The minimum Gasteiger partial charge on any atom is -0.477 e. The van der Waals surface area contributed by atoms with Gasteiger partial charge in [-0.05, 0) is 47.1 Å². The quantitative estimate of drug-likeness (QED) is 0.731. The van der Waals surface area contributed by atoms with Crippen molar-refractivity contribution in [1.82, 2.24) is 4.98 Å². The van der Waals surface area contributed by atoms with Gasteiger partial charge in [-0.1, -0.05) is 11.6 Å². The third-order valence-electron chi connectivity index (χ3n) is 2.76. The summed E-state index contributed by atoms with van der Waals surface area (Å²) >= 11 is 8.99. The summed E-state index contributed by atoms with van der Waals surface area (Å²) in [6.45, 7) is -0.991. The Morgan fingerprint density at radius 3 is 2.88 bits per heavy atom. The van der Waals surface area contributed by atoms with Crippen LogP contribution in [0.25, 0.3) is 0 Å². The molecule has 1 N–H and O–H groups in total. The number of carbonyl (C=O) groups is 1. The minimum absolute atomic E-state index is 0.00836. The van der Waals surface area contributed by atoms with Crippen molar-refractivity contribution in [3.05, 3.63) is 45.5 Å². The molecule has 0 aliphatic rings. The summed E-state index contributed by atoms with van der Waals surface area (Å²) in [5, 5.41) is 2.71. The number of carbonyl (C=O) groups excluding carboxylic acids is 1. The number of amides is 1. The van der Waals surface area contributed by atoms with E-state index in [4.69, 9.17) is 16.3 Å². The van der Waals surface area contributed by atoms with Crippen molar-refractivity contribution in [3.8, 4) is 11.6 Å². The maximum Gasteiger partial charge on any atom is 0.387 e. The fourth-order valence-electron chi connectivity index (χ4n) is 1.87. The second-order valence-corrected chi connectivity index (χ2v) is 5.68. The monoisotopic (exact) mass is 420 g/mol. The maximum atomic E-state index is 12.6. The molecule has 2 aromatic rings. The van der Waals surface area contributed by atoms with E-state index in [1.54, 1.807) is 13.0 Å². The third-order valence-corrected chi connectivity index (χ3v) is 3.57. The Balaban J connectivity index is 2.35. The zero-order chi connectivity index (χ0) is 17.7. The number of benzene rings is 1. The summed E-state index contributed by atoms with van der Waals surface area (Å²) in [5.41, 5.74) is 0.143. The van der Waals surface area contributed by atoms with Gasteiger partial charge in [0.05, 0.1) is 16.8 Å². The highest BCUT2D eigenvalue weighted by atomic mass is 79.9. The molecule has 0 bridgehead atoms. The highest BCUT2D eigenvalue weighted by molar-refractivity contribution is 9.10. The number of ether oxygens (including phenoxy) is 2. The van der Waals surface area contributed by atoms with Crippen molar-refractivity contribution in [2.75, 3.05) is 11.9 Å². The number of rotatable bonds is 6. The summed E-state index contributed by atoms with van der Waals surface area (Å²) in [6, 6.07) is 5.74. The highest BCUT2D eigenvalue weighted by Gasteiger charge is 2.19. The average Bonchev–Trinajstić information content (AvgIpc) is 2.51. The number of anilines is 1. The van der Waals surface area contributed by atoms with Crippen LogP contribution in [-0.2, 0) is 0 Å². The molecular formula is C15H12BrClF2N2O3. The summed E-state index contributed by atoms with van der Waals surface area (Å²) in [5.74, 6) is -0.695. The summed E-state index contributed by atoms with van der Waals surface area (Å²) < 4.78 is 35.1. The average molecular weight is 422 g/mol. The molecule has 0 fully saturated rings. The fourth-order valence-corrected chi connectivity index (χ4v) is 2.77. The number of hydrogen-bond donors (Lipinski definition) is 1. The Bertz CT molecular complexity index is 747. The molecule has 128 valence electrons. The summed E-state index contributed by atoms with van der Waals surface area (Å²) in [7, 11) is 0. The number of nitrogens with zero attached hydrogens (tertiary/aromatic N) is 1. The van der Waals surface area contributed by atoms with Crippen molar-refractivity contribution < 1.29 is 23.0 Å². The van der Waals surface area contributed by atoms with E-state index >= 15 is 0 Å². The third kappa shape index (κ3) is 4.55. The van der Waals surface area contributed by atoms with Gasteiger partial charge in [-0.25, -0.2) is 4.98 Å². The molecule has 0 saturated heterocycles. The first-order chi connectivity index (χ1) is 11.4. The van der Waals surface area contributed by atoms with Crippen molar-refractivity contribution in [3.63, 3.8) is 0 Å². The Kier molecular flexibility index (Phi) is 6.33. The molecule has 2 rings (SSSR count). The van der Waals surface area contributed by atoms with Gasteiger partial charge in [-0.2, -0.15) is 8.78 Å². The van der Waals surface area contributed by atoms with E-state index in [1.807, 2.05) is 0 Å². The van der Waals surface area contributed by atoms with E-state index in [9.17, 15) is 13.6 Å². The Morgan fingerprint density at radius 2 is 2.21 bits per heavy atom. The van der Waals surface area contributed by atoms with Crippen LogP contribution in [0.1, 0.15) is 17.3 Å². The van der Waals surface area contributed by atoms with Crippen molar-refractivity contribution in [2.24, 2.45) is 0 Å². The molecule has 1 heterocycles. The van der Waals surface area contributed by atoms with Gasteiger partial charge in [0.2, 0.25) is 5.88 Å². The number of halogens is 4. The number of hydrogen-bond acceptors (Lipinski definition) is 4. The molecule has 0 aliphatic carbocycles. The van der Waals surface area contributed by atoms with E-state index in [0.717, 1.165) is 0 Å². The van der Waals surface area contributed by atoms with Crippen LogP contribution in [0.15, 0.2) is 34.9 Å².